The summed E-state index contributed by atoms with van der Waals surface area (Å²) in [6.07, 6.45) is 1.53. The second-order valence-corrected chi connectivity index (χ2v) is 5.69. The number of anilines is 1. The summed E-state index contributed by atoms with van der Waals surface area (Å²) in [5, 5.41) is 3.95. The number of benzene rings is 2. The highest BCUT2D eigenvalue weighted by Crippen LogP contribution is 2.32. The van der Waals surface area contributed by atoms with Gasteiger partial charge in [0.1, 0.15) is 0 Å². The van der Waals surface area contributed by atoms with E-state index in [2.05, 4.69) is 33.1 Å². The molecular weight excluding hydrogens is 409 g/mol. The summed E-state index contributed by atoms with van der Waals surface area (Å²) in [7, 11) is 3.15. The summed E-state index contributed by atoms with van der Waals surface area (Å²) in [5.41, 5.74) is 9.76. The van der Waals surface area contributed by atoms with Gasteiger partial charge in [-0.05, 0) is 52.4 Å². The number of nitrogens with two attached hydrogens (primary N) is 1. The van der Waals surface area contributed by atoms with Crippen molar-refractivity contribution in [3.8, 4) is 11.5 Å². The third-order valence-corrected chi connectivity index (χ3v) is 3.84. The van der Waals surface area contributed by atoms with Gasteiger partial charge in [0.2, 0.25) is 0 Å². The molecule has 0 aromatic heterocycles. The molecule has 0 unspecified atom stereocenters. The number of amides is 1. The van der Waals surface area contributed by atoms with Crippen LogP contribution in [0.15, 0.2) is 41.5 Å². The van der Waals surface area contributed by atoms with Crippen molar-refractivity contribution >= 4 is 40.4 Å². The second kappa shape index (κ2) is 7.82. The van der Waals surface area contributed by atoms with Crippen LogP contribution in [0, 0.1) is 3.57 Å². The minimum atomic E-state index is -0.366. The first kappa shape index (κ1) is 17.1. The van der Waals surface area contributed by atoms with Gasteiger partial charge in [0, 0.05) is 5.69 Å². The lowest BCUT2D eigenvalue weighted by atomic mass is 10.2. The summed E-state index contributed by atoms with van der Waals surface area (Å²) in [6, 6.07) is 10.4. The van der Waals surface area contributed by atoms with Crippen LogP contribution in [0.1, 0.15) is 15.9 Å². The maximum atomic E-state index is 12.0. The molecule has 2 aromatic rings. The van der Waals surface area contributed by atoms with Gasteiger partial charge in [-0.2, -0.15) is 5.10 Å². The Bertz CT molecular complexity index is 747. The van der Waals surface area contributed by atoms with Crippen molar-refractivity contribution in [3.63, 3.8) is 0 Å². The highest BCUT2D eigenvalue weighted by Gasteiger charge is 2.10. The topological polar surface area (TPSA) is 85.9 Å². The number of carbonyl (C=O) groups is 1. The minimum Gasteiger partial charge on any atom is -0.493 e. The number of nitrogens with zero attached hydrogens (tertiary/aromatic N) is 1. The number of para-hydroxylation sites is 1. The van der Waals surface area contributed by atoms with E-state index >= 15 is 0 Å². The Labute approximate surface area is 147 Å². The van der Waals surface area contributed by atoms with Crippen molar-refractivity contribution in [2.24, 2.45) is 5.10 Å². The first-order valence-electron chi connectivity index (χ1n) is 6.66. The number of carbonyl (C=O) groups excluding carboxylic acids is 1. The largest absolute Gasteiger partial charge is 0.493 e. The lowest BCUT2D eigenvalue weighted by Gasteiger charge is -2.10. The van der Waals surface area contributed by atoms with Gasteiger partial charge in [-0.15, -0.1) is 0 Å². The molecule has 1 amide bonds. The van der Waals surface area contributed by atoms with Crippen molar-refractivity contribution in [2.45, 2.75) is 0 Å². The Morgan fingerprint density at radius 2 is 2.00 bits per heavy atom. The number of hydrogen-bond acceptors (Lipinski definition) is 5. The maximum absolute atomic E-state index is 12.0. The van der Waals surface area contributed by atoms with Gasteiger partial charge in [0.15, 0.2) is 11.5 Å². The molecule has 0 aliphatic rings. The summed E-state index contributed by atoms with van der Waals surface area (Å²) >= 11 is 2.14. The Hall–Kier alpha value is -2.29. The molecule has 0 saturated carbocycles. The predicted molar refractivity (Wildman–Crippen MR) is 98.2 cm³/mol. The van der Waals surface area contributed by atoms with Gasteiger partial charge < -0.3 is 15.2 Å². The fraction of sp³-hybridized carbons (Fsp3) is 0.125. The van der Waals surface area contributed by atoms with Crippen LogP contribution in [-0.2, 0) is 0 Å². The molecule has 6 nitrogen and oxygen atoms in total. The smallest absolute Gasteiger partial charge is 0.273 e. The van der Waals surface area contributed by atoms with E-state index in [1.165, 1.54) is 6.21 Å². The lowest BCUT2D eigenvalue weighted by Crippen LogP contribution is -2.19. The Morgan fingerprint density at radius 3 is 2.65 bits per heavy atom. The standard InChI is InChI=1S/C16H16IN3O3/c1-22-14-8-10(7-12(17)15(14)23-2)9-19-20-16(21)11-5-3-4-6-13(11)18/h3-9H,18H2,1-2H3,(H,20,21)/b19-9-. The molecule has 3 N–H and O–H groups in total. The number of ether oxygens (including phenoxy) is 2. The molecule has 0 radical (unpaired) electrons. The van der Waals surface area contributed by atoms with E-state index in [4.69, 9.17) is 15.2 Å². The molecule has 120 valence electrons. The number of nitrogens with one attached hydrogen (secondary N) is 1. The summed E-state index contributed by atoms with van der Waals surface area (Å²) < 4.78 is 11.4. The van der Waals surface area contributed by atoms with E-state index in [0.29, 0.717) is 22.7 Å². The van der Waals surface area contributed by atoms with E-state index in [1.54, 1.807) is 44.6 Å². The average molecular weight is 425 g/mol. The van der Waals surface area contributed by atoms with E-state index < -0.39 is 0 Å². The SMILES string of the molecule is COc1cc(/C=N\NC(=O)c2ccccc2N)cc(I)c1OC. The highest BCUT2D eigenvalue weighted by molar-refractivity contribution is 14.1. The van der Waals surface area contributed by atoms with Crippen molar-refractivity contribution in [3.05, 3.63) is 51.1 Å². The Morgan fingerprint density at radius 1 is 1.26 bits per heavy atom. The van der Waals surface area contributed by atoms with Crippen LogP contribution in [-0.4, -0.2) is 26.3 Å². The molecule has 2 aromatic carbocycles. The summed E-state index contributed by atoms with van der Waals surface area (Å²) in [6.45, 7) is 0. The molecule has 0 saturated heterocycles. The van der Waals surface area contributed by atoms with Crippen LogP contribution in [0.2, 0.25) is 0 Å². The molecule has 0 spiro atoms. The van der Waals surface area contributed by atoms with Crippen LogP contribution >= 0.6 is 22.6 Å². The van der Waals surface area contributed by atoms with Gasteiger partial charge in [-0.3, -0.25) is 4.79 Å². The van der Waals surface area contributed by atoms with Gasteiger partial charge in [-0.1, -0.05) is 12.1 Å². The maximum Gasteiger partial charge on any atom is 0.273 e. The average Bonchev–Trinajstić information content (AvgIpc) is 2.54. The van der Waals surface area contributed by atoms with E-state index in [1.807, 2.05) is 6.07 Å². The number of methoxy groups -OCH3 is 2. The summed E-state index contributed by atoms with van der Waals surface area (Å²) in [4.78, 5) is 12.0. The van der Waals surface area contributed by atoms with E-state index in [-0.39, 0.29) is 5.91 Å². The second-order valence-electron chi connectivity index (χ2n) is 4.52. The zero-order chi connectivity index (χ0) is 16.8. The zero-order valence-electron chi connectivity index (χ0n) is 12.7. The van der Waals surface area contributed by atoms with Gasteiger partial charge in [-0.25, -0.2) is 5.43 Å². The van der Waals surface area contributed by atoms with Gasteiger partial charge in [0.25, 0.3) is 5.91 Å². The molecule has 0 heterocycles. The highest BCUT2D eigenvalue weighted by atomic mass is 127. The number of nitrogen functional groups attached to an aromatic ring is 1. The van der Waals surface area contributed by atoms with Crippen LogP contribution in [0.5, 0.6) is 11.5 Å². The van der Waals surface area contributed by atoms with Crippen molar-refractivity contribution in [2.75, 3.05) is 20.0 Å². The van der Waals surface area contributed by atoms with E-state index in [0.717, 1.165) is 9.13 Å². The molecule has 7 heteroatoms. The van der Waals surface area contributed by atoms with E-state index in [9.17, 15) is 4.79 Å². The molecule has 23 heavy (non-hydrogen) atoms. The van der Waals surface area contributed by atoms with Crippen molar-refractivity contribution < 1.29 is 14.3 Å². The van der Waals surface area contributed by atoms with Crippen LogP contribution < -0.4 is 20.6 Å². The minimum absolute atomic E-state index is 0.366. The predicted octanol–water partition coefficient (Wildman–Crippen LogP) is 2.65. The fourth-order valence-corrected chi connectivity index (χ4v) is 2.79. The zero-order valence-corrected chi connectivity index (χ0v) is 14.8. The first-order valence-corrected chi connectivity index (χ1v) is 7.74. The van der Waals surface area contributed by atoms with Gasteiger partial charge in [0.05, 0.1) is 29.6 Å². The number of rotatable bonds is 5. The molecule has 0 atom stereocenters. The molecule has 0 fully saturated rings. The Balaban J connectivity index is 2.13. The quantitative estimate of drug-likeness (QED) is 0.334. The molecule has 0 aliphatic carbocycles. The molecule has 0 aliphatic heterocycles. The van der Waals surface area contributed by atoms with Gasteiger partial charge >= 0.3 is 0 Å². The van der Waals surface area contributed by atoms with Crippen molar-refractivity contribution in [1.82, 2.24) is 5.43 Å². The van der Waals surface area contributed by atoms with Crippen LogP contribution in [0.4, 0.5) is 5.69 Å². The Kier molecular flexibility index (Phi) is 5.80. The first-order chi connectivity index (χ1) is 11.1. The third kappa shape index (κ3) is 4.13. The fourth-order valence-electron chi connectivity index (χ4n) is 1.94. The molecule has 0 bridgehead atoms. The molecular formula is C16H16IN3O3. The lowest BCUT2D eigenvalue weighted by molar-refractivity contribution is 0.0956. The molecule has 2 rings (SSSR count). The van der Waals surface area contributed by atoms with Crippen LogP contribution in [0.25, 0.3) is 0 Å². The number of hydrogen-bond donors (Lipinski definition) is 2. The number of hydrazone groups is 1. The third-order valence-electron chi connectivity index (χ3n) is 3.04. The van der Waals surface area contributed by atoms with Crippen LogP contribution in [0.3, 0.4) is 0 Å². The summed E-state index contributed by atoms with van der Waals surface area (Å²) in [5.74, 6) is 0.889. The normalized spacial score (nSPS) is 10.6. The monoisotopic (exact) mass is 425 g/mol. The van der Waals surface area contributed by atoms with Crippen molar-refractivity contribution in [1.29, 1.82) is 0 Å². The number of halogens is 1.